The summed E-state index contributed by atoms with van der Waals surface area (Å²) in [4.78, 5) is 26.3. The van der Waals surface area contributed by atoms with E-state index in [9.17, 15) is 9.18 Å². The molecule has 0 aliphatic carbocycles. The highest BCUT2D eigenvalue weighted by Crippen LogP contribution is 2.35. The number of thiazole rings is 1. The van der Waals surface area contributed by atoms with E-state index in [4.69, 9.17) is 0 Å². The van der Waals surface area contributed by atoms with Crippen molar-refractivity contribution in [1.82, 2.24) is 15.0 Å². The third-order valence-corrected chi connectivity index (χ3v) is 5.76. The largest absolute Gasteiger partial charge is 0.310 e. The highest BCUT2D eigenvalue weighted by atomic mass is 32.1. The number of halogens is 1. The van der Waals surface area contributed by atoms with E-state index >= 15 is 0 Å². The van der Waals surface area contributed by atoms with Crippen molar-refractivity contribution in [3.8, 4) is 11.1 Å². The van der Waals surface area contributed by atoms with E-state index in [1.165, 1.54) is 23.5 Å². The van der Waals surface area contributed by atoms with Crippen LogP contribution in [-0.4, -0.2) is 15.0 Å². The first-order chi connectivity index (χ1) is 12.0. The first-order valence-electron chi connectivity index (χ1n) is 7.70. The Balaban J connectivity index is 1.83. The maximum Gasteiger partial charge on any atom is 0.260 e. The second-order valence-corrected chi connectivity index (χ2v) is 8.03. The quantitative estimate of drug-likeness (QED) is 0.579. The molecule has 4 rings (SSSR count). The predicted octanol–water partition coefficient (Wildman–Crippen LogP) is 4.45. The molecule has 3 aromatic heterocycles. The summed E-state index contributed by atoms with van der Waals surface area (Å²) in [6.45, 7) is 3.90. The van der Waals surface area contributed by atoms with Crippen LogP contribution in [0.2, 0.25) is 0 Å². The first-order valence-corrected chi connectivity index (χ1v) is 9.40. The van der Waals surface area contributed by atoms with Crippen molar-refractivity contribution in [2.75, 3.05) is 0 Å². The average molecular weight is 371 g/mol. The summed E-state index contributed by atoms with van der Waals surface area (Å²) in [5.74, 6) is 0.309. The van der Waals surface area contributed by atoms with Gasteiger partial charge in [-0.1, -0.05) is 12.1 Å². The second-order valence-electron chi connectivity index (χ2n) is 5.77. The Morgan fingerprint density at radius 1 is 1.16 bits per heavy atom. The molecule has 0 fully saturated rings. The van der Waals surface area contributed by atoms with Crippen LogP contribution in [-0.2, 0) is 6.42 Å². The SMILES string of the molecule is Cc1nc(Cc2nc3sc(C)c(-c4ccc(F)cc4)c3c(=O)[nH]2)cs1. The number of thiophene rings is 1. The second kappa shape index (κ2) is 6.16. The molecular formula is C18H14FN3OS2. The molecule has 4 aromatic rings. The van der Waals surface area contributed by atoms with Gasteiger partial charge < -0.3 is 4.98 Å². The van der Waals surface area contributed by atoms with Crippen LogP contribution in [0.1, 0.15) is 21.4 Å². The Hall–Kier alpha value is -2.38. The molecule has 4 nitrogen and oxygen atoms in total. The predicted molar refractivity (Wildman–Crippen MR) is 100 cm³/mol. The Morgan fingerprint density at radius 3 is 2.60 bits per heavy atom. The Bertz CT molecular complexity index is 1130. The minimum absolute atomic E-state index is 0.171. The number of fused-ring (bicyclic) bond motifs is 1. The van der Waals surface area contributed by atoms with E-state index in [-0.39, 0.29) is 11.4 Å². The van der Waals surface area contributed by atoms with Gasteiger partial charge in [-0.25, -0.2) is 14.4 Å². The molecule has 0 aliphatic heterocycles. The molecule has 1 aromatic carbocycles. The Kier molecular flexibility index (Phi) is 3.97. The number of aromatic amines is 1. The van der Waals surface area contributed by atoms with E-state index in [2.05, 4.69) is 15.0 Å². The fraction of sp³-hybridized carbons (Fsp3) is 0.167. The first kappa shape index (κ1) is 16.1. The molecule has 0 saturated carbocycles. The van der Waals surface area contributed by atoms with Crippen molar-refractivity contribution in [3.05, 3.63) is 67.2 Å². The van der Waals surface area contributed by atoms with Crippen LogP contribution >= 0.6 is 22.7 Å². The van der Waals surface area contributed by atoms with Crippen molar-refractivity contribution in [2.24, 2.45) is 0 Å². The molecule has 126 valence electrons. The van der Waals surface area contributed by atoms with Crippen molar-refractivity contribution >= 4 is 32.9 Å². The van der Waals surface area contributed by atoms with Gasteiger partial charge >= 0.3 is 0 Å². The highest BCUT2D eigenvalue weighted by Gasteiger charge is 2.17. The van der Waals surface area contributed by atoms with Gasteiger partial charge in [0.05, 0.1) is 16.1 Å². The maximum atomic E-state index is 13.2. The van der Waals surface area contributed by atoms with E-state index in [0.29, 0.717) is 22.5 Å². The van der Waals surface area contributed by atoms with Crippen molar-refractivity contribution in [1.29, 1.82) is 0 Å². The summed E-state index contributed by atoms with van der Waals surface area (Å²) in [6, 6.07) is 6.18. The number of nitrogens with one attached hydrogen (secondary N) is 1. The summed E-state index contributed by atoms with van der Waals surface area (Å²) in [7, 11) is 0. The Morgan fingerprint density at radius 2 is 1.92 bits per heavy atom. The maximum absolute atomic E-state index is 13.2. The van der Waals surface area contributed by atoms with E-state index < -0.39 is 0 Å². The normalized spacial score (nSPS) is 11.3. The van der Waals surface area contributed by atoms with Crippen LogP contribution in [0, 0.1) is 19.7 Å². The van der Waals surface area contributed by atoms with Crippen LogP contribution in [0.5, 0.6) is 0 Å². The molecule has 0 amide bonds. The lowest BCUT2D eigenvalue weighted by molar-refractivity contribution is 0.628. The minimum atomic E-state index is -0.297. The topological polar surface area (TPSA) is 58.6 Å². The lowest BCUT2D eigenvalue weighted by Gasteiger charge is -2.02. The van der Waals surface area contributed by atoms with Gasteiger partial charge in [-0.15, -0.1) is 22.7 Å². The number of hydrogen-bond donors (Lipinski definition) is 1. The molecule has 1 N–H and O–H groups in total. The zero-order chi connectivity index (χ0) is 17.6. The van der Waals surface area contributed by atoms with Gasteiger partial charge in [-0.2, -0.15) is 0 Å². The molecular weight excluding hydrogens is 357 g/mol. The molecule has 0 bridgehead atoms. The molecule has 0 spiro atoms. The van der Waals surface area contributed by atoms with Crippen molar-refractivity contribution < 1.29 is 4.39 Å². The summed E-state index contributed by atoms with van der Waals surface area (Å²) in [5.41, 5.74) is 2.37. The van der Waals surface area contributed by atoms with Gasteiger partial charge in [0.25, 0.3) is 5.56 Å². The van der Waals surface area contributed by atoms with Crippen LogP contribution in [0.25, 0.3) is 21.3 Å². The minimum Gasteiger partial charge on any atom is -0.310 e. The number of nitrogens with zero attached hydrogens (tertiary/aromatic N) is 2. The smallest absolute Gasteiger partial charge is 0.260 e. The van der Waals surface area contributed by atoms with Crippen LogP contribution in [0.15, 0.2) is 34.4 Å². The van der Waals surface area contributed by atoms with Crippen molar-refractivity contribution in [3.63, 3.8) is 0 Å². The lowest BCUT2D eigenvalue weighted by Crippen LogP contribution is -2.12. The van der Waals surface area contributed by atoms with Crippen molar-refractivity contribution in [2.45, 2.75) is 20.3 Å². The fourth-order valence-corrected chi connectivity index (χ4v) is 4.55. The number of aryl methyl sites for hydroxylation is 2. The molecule has 0 aliphatic rings. The van der Waals surface area contributed by atoms with Gasteiger partial charge in [0, 0.05) is 22.2 Å². The lowest BCUT2D eigenvalue weighted by atomic mass is 10.0. The molecule has 0 unspecified atom stereocenters. The fourth-order valence-electron chi connectivity index (χ4n) is 2.87. The zero-order valence-corrected chi connectivity index (χ0v) is 15.2. The van der Waals surface area contributed by atoms with Gasteiger partial charge in [0.15, 0.2) is 0 Å². The summed E-state index contributed by atoms with van der Waals surface area (Å²) in [5, 5.41) is 3.53. The van der Waals surface area contributed by atoms with Crippen LogP contribution in [0.3, 0.4) is 0 Å². The summed E-state index contributed by atoms with van der Waals surface area (Å²) < 4.78 is 13.2. The molecule has 0 saturated heterocycles. The van der Waals surface area contributed by atoms with Gasteiger partial charge in [0.1, 0.15) is 16.5 Å². The number of rotatable bonds is 3. The number of benzene rings is 1. The summed E-state index contributed by atoms with van der Waals surface area (Å²) in [6.07, 6.45) is 0.498. The molecule has 3 heterocycles. The number of H-pyrrole nitrogens is 1. The van der Waals surface area contributed by atoms with Gasteiger partial charge in [0.2, 0.25) is 0 Å². The summed E-state index contributed by atoms with van der Waals surface area (Å²) >= 11 is 3.06. The molecule has 25 heavy (non-hydrogen) atoms. The van der Waals surface area contributed by atoms with E-state index in [0.717, 1.165) is 26.7 Å². The number of hydrogen-bond acceptors (Lipinski definition) is 5. The van der Waals surface area contributed by atoms with E-state index in [1.807, 2.05) is 19.2 Å². The van der Waals surface area contributed by atoms with Crippen LogP contribution in [0.4, 0.5) is 4.39 Å². The van der Waals surface area contributed by atoms with Gasteiger partial charge in [-0.3, -0.25) is 4.79 Å². The Labute approximate surface area is 151 Å². The third kappa shape index (κ3) is 3.01. The molecule has 0 atom stereocenters. The molecule has 0 radical (unpaired) electrons. The van der Waals surface area contributed by atoms with Gasteiger partial charge in [-0.05, 0) is 31.5 Å². The monoisotopic (exact) mass is 371 g/mol. The molecule has 7 heteroatoms. The zero-order valence-electron chi connectivity index (χ0n) is 13.6. The standard InChI is InChI=1S/C18H14FN3OS2/c1-9-15(11-3-5-12(19)6-4-11)16-17(23)21-14(22-18(16)25-9)7-13-8-24-10(2)20-13/h3-6,8H,7H2,1-2H3,(H,21,22,23). The van der Waals surface area contributed by atoms with E-state index in [1.54, 1.807) is 23.5 Å². The average Bonchev–Trinajstić information content (AvgIpc) is 3.11. The number of aromatic nitrogens is 3. The van der Waals surface area contributed by atoms with Crippen LogP contribution < -0.4 is 5.56 Å². The highest BCUT2D eigenvalue weighted by molar-refractivity contribution is 7.19. The third-order valence-electron chi connectivity index (χ3n) is 3.94.